The van der Waals surface area contributed by atoms with Crippen molar-refractivity contribution in [2.45, 2.75) is 6.92 Å². The lowest BCUT2D eigenvalue weighted by molar-refractivity contribution is 0.0515. The number of ether oxygens (including phenoxy) is 3. The molecule has 0 bridgehead atoms. The molecule has 0 saturated heterocycles. The monoisotopic (exact) mass is 412 g/mol. The number of rotatable bonds is 6. The number of methoxy groups -OCH3 is 2. The van der Waals surface area contributed by atoms with E-state index in [1.807, 2.05) is 24.3 Å². The number of aryl methyl sites for hydroxylation is 1. The number of benzene rings is 3. The number of esters is 1. The highest BCUT2D eigenvalue weighted by Gasteiger charge is 2.10. The lowest BCUT2D eigenvalue weighted by Crippen LogP contribution is -2.01. The van der Waals surface area contributed by atoms with Crippen LogP contribution >= 0.6 is 0 Å². The minimum atomic E-state index is -0.362. The normalized spacial score (nSPS) is 10.4. The predicted octanol–water partition coefficient (Wildman–Crippen LogP) is 5.50. The van der Waals surface area contributed by atoms with Crippen LogP contribution in [0, 0.1) is 18.8 Å². The second kappa shape index (κ2) is 10.8. The van der Waals surface area contributed by atoms with Crippen LogP contribution in [0.2, 0.25) is 0 Å². The van der Waals surface area contributed by atoms with Gasteiger partial charge in [-0.25, -0.2) is 4.79 Å². The van der Waals surface area contributed by atoms with Gasteiger partial charge in [-0.05, 0) is 60.5 Å². The average molecular weight is 412 g/mol. The van der Waals surface area contributed by atoms with Crippen molar-refractivity contribution in [2.75, 3.05) is 21.0 Å². The molecule has 0 amide bonds. The summed E-state index contributed by atoms with van der Waals surface area (Å²) < 4.78 is 15.6. The van der Waals surface area contributed by atoms with Gasteiger partial charge in [0.1, 0.15) is 5.75 Å². The highest BCUT2D eigenvalue weighted by molar-refractivity contribution is 5.89. The molecule has 3 aromatic carbocycles. The molecule has 0 radical (unpaired) electrons. The molecule has 31 heavy (non-hydrogen) atoms. The Morgan fingerprint density at radius 2 is 1.71 bits per heavy atom. The summed E-state index contributed by atoms with van der Waals surface area (Å²) in [7, 11) is 2.96. The molecule has 0 aliphatic carbocycles. The summed E-state index contributed by atoms with van der Waals surface area (Å²) in [5, 5.41) is 0. The van der Waals surface area contributed by atoms with Crippen molar-refractivity contribution in [2.24, 2.45) is 0 Å². The molecule has 0 fully saturated rings. The molecule has 3 rings (SSSR count). The fourth-order valence-electron chi connectivity index (χ4n) is 3.02. The average Bonchev–Trinajstić information content (AvgIpc) is 2.81. The Labute approximate surface area is 183 Å². The summed E-state index contributed by atoms with van der Waals surface area (Å²) >= 11 is 0. The van der Waals surface area contributed by atoms with Gasteiger partial charge in [-0.3, -0.25) is 0 Å². The molecule has 0 heterocycles. The van der Waals surface area contributed by atoms with E-state index in [1.165, 1.54) is 12.7 Å². The molecule has 4 heteroatoms. The quantitative estimate of drug-likeness (QED) is 0.305. The van der Waals surface area contributed by atoms with Crippen molar-refractivity contribution >= 4 is 12.0 Å². The lowest BCUT2D eigenvalue weighted by atomic mass is 9.97. The van der Waals surface area contributed by atoms with Gasteiger partial charge < -0.3 is 14.2 Å². The van der Waals surface area contributed by atoms with Crippen LogP contribution in [0.25, 0.3) is 17.2 Å². The van der Waals surface area contributed by atoms with Crippen LogP contribution in [-0.2, 0) is 9.47 Å². The van der Waals surface area contributed by atoms with Crippen LogP contribution in [0.5, 0.6) is 5.75 Å². The third-order valence-electron chi connectivity index (χ3n) is 4.60. The minimum Gasteiger partial charge on any atom is -0.467 e. The number of allylic oxidation sites excluding steroid dienone is 1. The zero-order chi connectivity index (χ0) is 22.1. The van der Waals surface area contributed by atoms with Crippen molar-refractivity contribution in [3.05, 3.63) is 95.1 Å². The van der Waals surface area contributed by atoms with Crippen LogP contribution in [0.15, 0.2) is 72.8 Å². The fraction of sp³-hybridized carbons (Fsp3) is 0.148. The lowest BCUT2D eigenvalue weighted by Gasteiger charge is -2.14. The van der Waals surface area contributed by atoms with Crippen LogP contribution < -0.4 is 4.74 Å². The second-order valence-corrected chi connectivity index (χ2v) is 6.81. The molecule has 0 aromatic heterocycles. The summed E-state index contributed by atoms with van der Waals surface area (Å²) in [6.07, 6.45) is 3.77. The Morgan fingerprint density at radius 1 is 0.968 bits per heavy atom. The van der Waals surface area contributed by atoms with Crippen molar-refractivity contribution in [1.82, 2.24) is 0 Å². The molecule has 0 aliphatic heterocycles. The van der Waals surface area contributed by atoms with E-state index in [1.54, 1.807) is 37.5 Å². The molecule has 3 aromatic rings. The summed E-state index contributed by atoms with van der Waals surface area (Å²) in [4.78, 5) is 11.5. The first-order valence-corrected chi connectivity index (χ1v) is 9.80. The SMILES string of the molecule is COCOc1cccc(/C=C/C#Cc2ccc(C(=O)OC)cc2)c1-c1ccc(C)cc1. The van der Waals surface area contributed by atoms with Gasteiger partial charge in [0, 0.05) is 18.2 Å². The van der Waals surface area contributed by atoms with Crippen LogP contribution in [-0.4, -0.2) is 27.0 Å². The summed E-state index contributed by atoms with van der Waals surface area (Å²) in [5.74, 6) is 6.51. The molecule has 0 saturated carbocycles. The van der Waals surface area contributed by atoms with Gasteiger partial charge in [0.05, 0.1) is 12.7 Å². The molecule has 156 valence electrons. The Morgan fingerprint density at radius 3 is 2.39 bits per heavy atom. The molecule has 0 spiro atoms. The van der Waals surface area contributed by atoms with Gasteiger partial charge in [0.15, 0.2) is 6.79 Å². The van der Waals surface area contributed by atoms with Crippen LogP contribution in [0.4, 0.5) is 0 Å². The van der Waals surface area contributed by atoms with Crippen molar-refractivity contribution in [1.29, 1.82) is 0 Å². The largest absolute Gasteiger partial charge is 0.467 e. The van der Waals surface area contributed by atoms with Crippen molar-refractivity contribution in [3.8, 4) is 28.7 Å². The van der Waals surface area contributed by atoms with E-state index in [0.29, 0.717) is 5.56 Å². The van der Waals surface area contributed by atoms with Gasteiger partial charge in [0.25, 0.3) is 0 Å². The number of hydrogen-bond donors (Lipinski definition) is 0. The summed E-state index contributed by atoms with van der Waals surface area (Å²) in [6.45, 7) is 2.23. The zero-order valence-electron chi connectivity index (χ0n) is 17.8. The van der Waals surface area contributed by atoms with Crippen molar-refractivity contribution in [3.63, 3.8) is 0 Å². The first kappa shape index (κ1) is 21.9. The molecule has 0 atom stereocenters. The maximum absolute atomic E-state index is 11.5. The first-order valence-electron chi connectivity index (χ1n) is 9.80. The highest BCUT2D eigenvalue weighted by Crippen LogP contribution is 2.34. The minimum absolute atomic E-state index is 0.174. The van der Waals surface area contributed by atoms with E-state index < -0.39 is 0 Å². The second-order valence-electron chi connectivity index (χ2n) is 6.81. The Kier molecular flexibility index (Phi) is 7.64. The van der Waals surface area contributed by atoms with E-state index in [9.17, 15) is 4.79 Å². The van der Waals surface area contributed by atoms with Gasteiger partial charge in [0.2, 0.25) is 0 Å². The number of carbonyl (C=O) groups is 1. The molecule has 0 N–H and O–H groups in total. The highest BCUT2D eigenvalue weighted by atomic mass is 16.7. The summed E-state index contributed by atoms with van der Waals surface area (Å²) in [6, 6.07) is 21.2. The van der Waals surface area contributed by atoms with E-state index in [2.05, 4.69) is 43.0 Å². The van der Waals surface area contributed by atoms with E-state index >= 15 is 0 Å². The molecule has 4 nitrogen and oxygen atoms in total. The smallest absolute Gasteiger partial charge is 0.337 e. The van der Waals surface area contributed by atoms with Gasteiger partial charge in [-0.1, -0.05) is 53.8 Å². The zero-order valence-corrected chi connectivity index (χ0v) is 17.8. The fourth-order valence-corrected chi connectivity index (χ4v) is 3.02. The number of hydrogen-bond acceptors (Lipinski definition) is 4. The van der Waals surface area contributed by atoms with E-state index in [0.717, 1.165) is 28.0 Å². The molecular weight excluding hydrogens is 388 g/mol. The summed E-state index contributed by atoms with van der Waals surface area (Å²) in [5.41, 5.74) is 5.55. The van der Waals surface area contributed by atoms with Crippen LogP contribution in [0.1, 0.15) is 27.0 Å². The maximum Gasteiger partial charge on any atom is 0.337 e. The topological polar surface area (TPSA) is 44.8 Å². The first-order chi connectivity index (χ1) is 15.1. The molecule has 0 unspecified atom stereocenters. The third-order valence-corrected chi connectivity index (χ3v) is 4.60. The van der Waals surface area contributed by atoms with Gasteiger partial charge in [-0.2, -0.15) is 0 Å². The molecular formula is C27H24O4. The van der Waals surface area contributed by atoms with Gasteiger partial charge >= 0.3 is 5.97 Å². The molecule has 0 aliphatic rings. The number of carbonyl (C=O) groups excluding carboxylic acids is 1. The Hall–Kier alpha value is -3.81. The predicted molar refractivity (Wildman–Crippen MR) is 123 cm³/mol. The van der Waals surface area contributed by atoms with Gasteiger partial charge in [-0.15, -0.1) is 0 Å². The van der Waals surface area contributed by atoms with E-state index in [4.69, 9.17) is 14.2 Å². The standard InChI is InChI=1S/C27H24O4/c1-20-11-15-23(16-12-20)26-22(9-6-10-25(26)31-19-29-2)8-5-4-7-21-13-17-24(18-14-21)27(28)30-3/h5-6,8-18H,19H2,1-3H3/b8-5+. The van der Waals surface area contributed by atoms with E-state index in [-0.39, 0.29) is 12.8 Å². The Bertz CT molecular complexity index is 1110. The van der Waals surface area contributed by atoms with Crippen molar-refractivity contribution < 1.29 is 19.0 Å². The third kappa shape index (κ3) is 5.85. The maximum atomic E-state index is 11.5. The Balaban J connectivity index is 1.87. The van der Waals surface area contributed by atoms with Crippen LogP contribution in [0.3, 0.4) is 0 Å².